The zero-order chi connectivity index (χ0) is 13.2. The average molecular weight is 268 g/mol. The first-order valence-corrected chi connectivity index (χ1v) is 7.93. The number of nitrogens with one attached hydrogen (secondary N) is 1. The Morgan fingerprint density at radius 3 is 2.72 bits per heavy atom. The summed E-state index contributed by atoms with van der Waals surface area (Å²) >= 11 is 0. The molecule has 0 spiro atoms. The zero-order valence-electron chi connectivity index (χ0n) is 10.9. The van der Waals surface area contributed by atoms with Crippen LogP contribution in [0.15, 0.2) is 18.2 Å². The second-order valence-corrected chi connectivity index (χ2v) is 6.77. The lowest BCUT2D eigenvalue weighted by atomic mass is 10.1. The Labute approximate surface area is 109 Å². The van der Waals surface area contributed by atoms with E-state index in [0.717, 1.165) is 13.1 Å². The zero-order valence-corrected chi connectivity index (χ0v) is 11.8. The molecule has 1 aliphatic rings. The standard InChI is InChI=1S/C13H20N2O2S/c1-11-4-5-13(12(2)10-11)15-7-3-9-18(16,17)14-6-8-15/h4-5,10,14H,3,6-9H2,1-2H3. The van der Waals surface area contributed by atoms with Gasteiger partial charge in [0, 0.05) is 25.3 Å². The first-order chi connectivity index (χ1) is 8.48. The normalized spacial score (nSPS) is 20.2. The molecule has 1 aliphatic heterocycles. The molecule has 1 fully saturated rings. The van der Waals surface area contributed by atoms with Crippen LogP contribution in [0.25, 0.3) is 0 Å². The molecule has 0 unspecified atom stereocenters. The average Bonchev–Trinajstić information content (AvgIpc) is 2.24. The summed E-state index contributed by atoms with van der Waals surface area (Å²) in [6.07, 6.45) is 0.669. The van der Waals surface area contributed by atoms with Gasteiger partial charge in [0.2, 0.25) is 10.0 Å². The number of hydrogen-bond acceptors (Lipinski definition) is 3. The Balaban J connectivity index is 2.14. The fraction of sp³-hybridized carbons (Fsp3) is 0.538. The van der Waals surface area contributed by atoms with Crippen LogP contribution >= 0.6 is 0 Å². The second-order valence-electron chi connectivity index (χ2n) is 4.84. The van der Waals surface area contributed by atoms with Crippen molar-refractivity contribution in [2.24, 2.45) is 0 Å². The molecule has 5 heteroatoms. The molecule has 1 aromatic rings. The van der Waals surface area contributed by atoms with Crippen LogP contribution in [0.4, 0.5) is 5.69 Å². The number of sulfonamides is 1. The second kappa shape index (κ2) is 5.28. The van der Waals surface area contributed by atoms with E-state index < -0.39 is 10.0 Å². The lowest BCUT2D eigenvalue weighted by Gasteiger charge is -2.28. The number of rotatable bonds is 1. The van der Waals surface area contributed by atoms with E-state index in [2.05, 4.69) is 41.7 Å². The van der Waals surface area contributed by atoms with Gasteiger partial charge >= 0.3 is 0 Å². The van der Waals surface area contributed by atoms with Crippen LogP contribution in [0.3, 0.4) is 0 Å². The molecule has 1 aromatic carbocycles. The van der Waals surface area contributed by atoms with Crippen LogP contribution < -0.4 is 9.62 Å². The van der Waals surface area contributed by atoms with E-state index in [1.54, 1.807) is 0 Å². The number of anilines is 1. The van der Waals surface area contributed by atoms with Crippen molar-refractivity contribution in [2.45, 2.75) is 20.3 Å². The van der Waals surface area contributed by atoms with Gasteiger partial charge in [-0.2, -0.15) is 0 Å². The molecule has 0 radical (unpaired) electrons. The maximum atomic E-state index is 11.4. The Bertz CT molecular complexity index is 510. The first kappa shape index (κ1) is 13.4. The Kier molecular flexibility index (Phi) is 3.92. The van der Waals surface area contributed by atoms with Crippen LogP contribution in [0.2, 0.25) is 0 Å². The van der Waals surface area contributed by atoms with Gasteiger partial charge in [0.25, 0.3) is 0 Å². The lowest BCUT2D eigenvalue weighted by molar-refractivity contribution is 0.570. The summed E-state index contributed by atoms with van der Waals surface area (Å²) in [6.45, 7) is 6.19. The molecule has 2 rings (SSSR count). The van der Waals surface area contributed by atoms with Crippen LogP contribution in [0.5, 0.6) is 0 Å². The van der Waals surface area contributed by atoms with Crippen molar-refractivity contribution in [1.29, 1.82) is 0 Å². The van der Waals surface area contributed by atoms with Gasteiger partial charge < -0.3 is 4.90 Å². The molecule has 0 amide bonds. The number of hydrogen-bond donors (Lipinski definition) is 1. The summed E-state index contributed by atoms with van der Waals surface area (Å²) in [6, 6.07) is 6.39. The summed E-state index contributed by atoms with van der Waals surface area (Å²) in [5.41, 5.74) is 3.71. The van der Waals surface area contributed by atoms with E-state index in [0.29, 0.717) is 13.0 Å². The van der Waals surface area contributed by atoms with E-state index in [1.807, 2.05) is 0 Å². The quantitative estimate of drug-likeness (QED) is 0.838. The predicted molar refractivity (Wildman–Crippen MR) is 74.5 cm³/mol. The molecule has 0 atom stereocenters. The smallest absolute Gasteiger partial charge is 0.211 e. The fourth-order valence-corrected chi connectivity index (χ4v) is 3.42. The van der Waals surface area contributed by atoms with Crippen LogP contribution in [0.1, 0.15) is 17.5 Å². The molecule has 1 heterocycles. The van der Waals surface area contributed by atoms with Crippen molar-refractivity contribution < 1.29 is 8.42 Å². The molecule has 4 nitrogen and oxygen atoms in total. The fourth-order valence-electron chi connectivity index (χ4n) is 2.37. The summed E-state index contributed by atoms with van der Waals surface area (Å²) < 4.78 is 25.5. The number of aryl methyl sites for hydroxylation is 2. The summed E-state index contributed by atoms with van der Waals surface area (Å²) in [5, 5.41) is 0. The predicted octanol–water partition coefficient (Wildman–Crippen LogP) is 1.43. The molecule has 100 valence electrons. The Hall–Kier alpha value is -1.07. The van der Waals surface area contributed by atoms with E-state index in [9.17, 15) is 8.42 Å². The van der Waals surface area contributed by atoms with E-state index in [1.165, 1.54) is 16.8 Å². The van der Waals surface area contributed by atoms with Crippen LogP contribution in [0, 0.1) is 13.8 Å². The topological polar surface area (TPSA) is 49.4 Å². The van der Waals surface area contributed by atoms with Crippen LogP contribution in [-0.2, 0) is 10.0 Å². The van der Waals surface area contributed by atoms with E-state index >= 15 is 0 Å². The van der Waals surface area contributed by atoms with Crippen LogP contribution in [-0.4, -0.2) is 33.8 Å². The van der Waals surface area contributed by atoms with Gasteiger partial charge in [0.15, 0.2) is 0 Å². The third-order valence-corrected chi connectivity index (χ3v) is 4.71. The highest BCUT2D eigenvalue weighted by molar-refractivity contribution is 7.89. The highest BCUT2D eigenvalue weighted by Gasteiger charge is 2.17. The maximum Gasteiger partial charge on any atom is 0.211 e. The van der Waals surface area contributed by atoms with Crippen molar-refractivity contribution in [3.05, 3.63) is 29.3 Å². The lowest BCUT2D eigenvalue weighted by Crippen LogP contribution is -2.40. The summed E-state index contributed by atoms with van der Waals surface area (Å²) in [4.78, 5) is 2.26. The van der Waals surface area contributed by atoms with Gasteiger partial charge in [-0.1, -0.05) is 17.7 Å². The molecule has 1 N–H and O–H groups in total. The molecule has 18 heavy (non-hydrogen) atoms. The van der Waals surface area contributed by atoms with Gasteiger partial charge in [0.05, 0.1) is 5.75 Å². The summed E-state index contributed by atoms with van der Waals surface area (Å²) in [7, 11) is -3.04. The third kappa shape index (κ3) is 3.23. The van der Waals surface area contributed by atoms with Crippen molar-refractivity contribution in [1.82, 2.24) is 4.72 Å². The van der Waals surface area contributed by atoms with Gasteiger partial charge in [-0.05, 0) is 31.9 Å². The van der Waals surface area contributed by atoms with Gasteiger partial charge in [0.1, 0.15) is 0 Å². The van der Waals surface area contributed by atoms with Crippen molar-refractivity contribution in [3.63, 3.8) is 0 Å². The monoisotopic (exact) mass is 268 g/mol. The first-order valence-electron chi connectivity index (χ1n) is 6.27. The van der Waals surface area contributed by atoms with Gasteiger partial charge in [-0.15, -0.1) is 0 Å². The van der Waals surface area contributed by atoms with Gasteiger partial charge in [-0.25, -0.2) is 13.1 Å². The third-order valence-electron chi connectivity index (χ3n) is 3.24. The highest BCUT2D eigenvalue weighted by atomic mass is 32.2. The van der Waals surface area contributed by atoms with E-state index in [4.69, 9.17) is 0 Å². The number of nitrogens with zero attached hydrogens (tertiary/aromatic N) is 1. The van der Waals surface area contributed by atoms with Crippen molar-refractivity contribution in [3.8, 4) is 0 Å². The molecule has 1 saturated heterocycles. The molecule has 0 aromatic heterocycles. The SMILES string of the molecule is Cc1ccc(N2CCCS(=O)(=O)NCC2)c(C)c1. The van der Waals surface area contributed by atoms with E-state index in [-0.39, 0.29) is 5.75 Å². The minimum Gasteiger partial charge on any atom is -0.370 e. The largest absolute Gasteiger partial charge is 0.370 e. The summed E-state index contributed by atoms with van der Waals surface area (Å²) in [5.74, 6) is 0.217. The molecule has 0 bridgehead atoms. The minimum absolute atomic E-state index is 0.217. The highest BCUT2D eigenvalue weighted by Crippen LogP contribution is 2.21. The molecule has 0 saturated carbocycles. The maximum absolute atomic E-state index is 11.4. The Morgan fingerprint density at radius 1 is 1.22 bits per heavy atom. The molecular formula is C13H20N2O2S. The Morgan fingerprint density at radius 2 is 2.00 bits per heavy atom. The number of benzene rings is 1. The van der Waals surface area contributed by atoms with Crippen molar-refractivity contribution in [2.75, 3.05) is 30.3 Å². The van der Waals surface area contributed by atoms with Gasteiger partial charge in [-0.3, -0.25) is 0 Å². The molecular weight excluding hydrogens is 248 g/mol. The molecule has 0 aliphatic carbocycles. The minimum atomic E-state index is -3.04. The van der Waals surface area contributed by atoms with Crippen molar-refractivity contribution >= 4 is 15.7 Å².